The quantitative estimate of drug-likeness (QED) is 0.724. The minimum Gasteiger partial charge on any atom is -0.503 e. The summed E-state index contributed by atoms with van der Waals surface area (Å²) in [5, 5.41) is 14.7. The molecule has 1 unspecified atom stereocenters. The second-order valence-electron chi connectivity index (χ2n) is 8.02. The Morgan fingerprint density at radius 3 is 2.53 bits per heavy atom. The number of carbonyl (C=O) groups excluding carboxylic acids is 2. The molecule has 2 aromatic rings. The second kappa shape index (κ2) is 8.34. The highest BCUT2D eigenvalue weighted by atomic mass is 16.5. The van der Waals surface area contributed by atoms with Gasteiger partial charge in [0.15, 0.2) is 11.5 Å². The van der Waals surface area contributed by atoms with Gasteiger partial charge in [0.2, 0.25) is 0 Å². The van der Waals surface area contributed by atoms with Crippen molar-refractivity contribution < 1.29 is 24.0 Å². The number of ether oxygens (including phenoxy) is 1. The number of carbonyl (C=O) groups is 2. The Labute approximate surface area is 175 Å². The number of aromatic nitrogens is 1. The summed E-state index contributed by atoms with van der Waals surface area (Å²) in [6.07, 6.45) is 5.09. The van der Waals surface area contributed by atoms with Gasteiger partial charge in [-0.2, -0.15) is 0 Å². The first-order valence-corrected chi connectivity index (χ1v) is 10.3. The number of methoxy groups -OCH3 is 1. The van der Waals surface area contributed by atoms with E-state index in [2.05, 4.69) is 5.16 Å². The molecule has 1 aromatic heterocycles. The third kappa shape index (κ3) is 3.72. The third-order valence-electron chi connectivity index (χ3n) is 6.05. The van der Waals surface area contributed by atoms with Gasteiger partial charge in [-0.05, 0) is 49.9 Å². The van der Waals surface area contributed by atoms with E-state index in [9.17, 15) is 14.7 Å². The molecular formula is C23H26N2O5. The molecule has 0 saturated heterocycles. The van der Waals surface area contributed by atoms with Crippen LogP contribution in [0.4, 0.5) is 0 Å². The summed E-state index contributed by atoms with van der Waals surface area (Å²) in [5.74, 6) is 0.113. The number of aliphatic hydroxyl groups excluding tert-OH is 1. The number of benzene rings is 1. The summed E-state index contributed by atoms with van der Waals surface area (Å²) < 4.78 is 10.3. The van der Waals surface area contributed by atoms with Crippen LogP contribution < -0.4 is 4.74 Å². The number of ketones is 1. The summed E-state index contributed by atoms with van der Waals surface area (Å²) in [7, 11) is 1.56. The number of nitrogens with zero attached hydrogens (tertiary/aromatic N) is 2. The number of Topliss-reactive ketones (excluding diaryl/α,β-unsaturated/α-hetero) is 1. The van der Waals surface area contributed by atoms with Gasteiger partial charge in [0.1, 0.15) is 17.2 Å². The van der Waals surface area contributed by atoms with E-state index >= 15 is 0 Å². The first-order chi connectivity index (χ1) is 14.5. The monoisotopic (exact) mass is 410 g/mol. The summed E-state index contributed by atoms with van der Waals surface area (Å²) in [4.78, 5) is 28.0. The Bertz CT molecular complexity index is 970. The highest BCUT2D eigenvalue weighted by molar-refractivity contribution is 6.16. The van der Waals surface area contributed by atoms with Crippen LogP contribution in [0.3, 0.4) is 0 Å². The van der Waals surface area contributed by atoms with Gasteiger partial charge in [-0.3, -0.25) is 9.59 Å². The van der Waals surface area contributed by atoms with Gasteiger partial charge in [-0.25, -0.2) is 0 Å². The molecule has 1 saturated carbocycles. The Kier molecular flexibility index (Phi) is 5.61. The van der Waals surface area contributed by atoms with Gasteiger partial charge in [0.25, 0.3) is 5.91 Å². The molecule has 0 bridgehead atoms. The van der Waals surface area contributed by atoms with Crippen molar-refractivity contribution in [1.29, 1.82) is 0 Å². The maximum absolute atomic E-state index is 13.4. The van der Waals surface area contributed by atoms with Crippen molar-refractivity contribution in [2.45, 2.75) is 51.6 Å². The molecular weight excluding hydrogens is 384 g/mol. The molecule has 2 aliphatic rings. The fourth-order valence-corrected chi connectivity index (χ4v) is 4.59. The molecule has 0 radical (unpaired) electrons. The second-order valence-corrected chi connectivity index (χ2v) is 8.02. The summed E-state index contributed by atoms with van der Waals surface area (Å²) in [5.41, 5.74) is 1.22. The topological polar surface area (TPSA) is 92.9 Å². The maximum atomic E-state index is 13.4. The number of aryl methyl sites for hydroxylation is 1. The average Bonchev–Trinajstić information content (AvgIpc) is 3.30. The van der Waals surface area contributed by atoms with E-state index in [1.54, 1.807) is 49.3 Å². The van der Waals surface area contributed by atoms with Crippen molar-refractivity contribution in [3.8, 4) is 5.75 Å². The Morgan fingerprint density at radius 2 is 1.93 bits per heavy atom. The van der Waals surface area contributed by atoms with Crippen LogP contribution in [0.25, 0.3) is 0 Å². The highest BCUT2D eigenvalue weighted by Gasteiger charge is 2.46. The van der Waals surface area contributed by atoms with E-state index < -0.39 is 17.7 Å². The van der Waals surface area contributed by atoms with Crippen molar-refractivity contribution in [3.63, 3.8) is 0 Å². The molecule has 4 rings (SSSR count). The molecule has 158 valence electrons. The molecule has 2 heterocycles. The number of hydrogen-bond donors (Lipinski definition) is 1. The van der Waals surface area contributed by atoms with E-state index in [1.165, 1.54) is 0 Å². The van der Waals surface area contributed by atoms with Gasteiger partial charge in [-0.15, -0.1) is 0 Å². The van der Waals surface area contributed by atoms with Gasteiger partial charge in [0.05, 0.1) is 25.3 Å². The molecule has 0 spiro atoms. The van der Waals surface area contributed by atoms with Crippen molar-refractivity contribution in [3.05, 3.63) is 58.7 Å². The van der Waals surface area contributed by atoms with Crippen molar-refractivity contribution in [2.75, 3.05) is 7.11 Å². The Hall–Kier alpha value is -3.09. The van der Waals surface area contributed by atoms with Crippen LogP contribution in [0.15, 0.2) is 46.2 Å². The molecule has 1 N–H and O–H groups in total. The predicted molar refractivity (Wildman–Crippen MR) is 109 cm³/mol. The number of aliphatic hydroxyl groups is 1. The molecule has 1 atom stereocenters. The summed E-state index contributed by atoms with van der Waals surface area (Å²) in [6.45, 7) is 1.98. The smallest absolute Gasteiger partial charge is 0.290 e. The molecule has 7 heteroatoms. The zero-order valence-corrected chi connectivity index (χ0v) is 17.3. The lowest BCUT2D eigenvalue weighted by Crippen LogP contribution is -2.42. The minimum absolute atomic E-state index is 0.123. The molecule has 1 aliphatic heterocycles. The number of hydrogen-bond acceptors (Lipinski definition) is 6. The van der Waals surface area contributed by atoms with Crippen molar-refractivity contribution in [2.24, 2.45) is 5.92 Å². The van der Waals surface area contributed by atoms with Crippen LogP contribution in [-0.2, 0) is 11.3 Å². The SMILES string of the molecule is COc1ccc(C(=O)C2=C(O)C(=O)N(Cc3cc(C)on3)C2C2CCCCC2)cc1. The van der Waals surface area contributed by atoms with Crippen LogP contribution in [-0.4, -0.2) is 40.0 Å². The fourth-order valence-electron chi connectivity index (χ4n) is 4.59. The standard InChI is InChI=1S/C23H26N2O5/c1-14-12-17(24-30-14)13-25-20(15-6-4-3-5-7-15)19(22(27)23(25)28)21(26)16-8-10-18(29-2)11-9-16/h8-12,15,20,27H,3-7,13H2,1-2H3. The zero-order valence-electron chi connectivity index (χ0n) is 17.3. The largest absolute Gasteiger partial charge is 0.503 e. The predicted octanol–water partition coefficient (Wildman–Crippen LogP) is 3.98. The molecule has 1 fully saturated rings. The highest BCUT2D eigenvalue weighted by Crippen LogP contribution is 2.39. The van der Waals surface area contributed by atoms with Crippen LogP contribution in [0, 0.1) is 12.8 Å². The first kappa shape index (κ1) is 20.2. The van der Waals surface area contributed by atoms with Crippen LogP contribution in [0.5, 0.6) is 5.75 Å². The molecule has 7 nitrogen and oxygen atoms in total. The van der Waals surface area contributed by atoms with Crippen molar-refractivity contribution in [1.82, 2.24) is 10.1 Å². The maximum Gasteiger partial charge on any atom is 0.290 e. The fraction of sp³-hybridized carbons (Fsp3) is 0.435. The van der Waals surface area contributed by atoms with E-state index in [0.29, 0.717) is 22.8 Å². The van der Waals surface area contributed by atoms with Gasteiger partial charge < -0.3 is 19.3 Å². The lowest BCUT2D eigenvalue weighted by molar-refractivity contribution is -0.131. The van der Waals surface area contributed by atoms with E-state index in [-0.39, 0.29) is 23.8 Å². The van der Waals surface area contributed by atoms with Crippen molar-refractivity contribution >= 4 is 11.7 Å². The van der Waals surface area contributed by atoms with Crippen LogP contribution in [0.1, 0.15) is 53.9 Å². The van der Waals surface area contributed by atoms with E-state index in [0.717, 1.165) is 32.1 Å². The van der Waals surface area contributed by atoms with E-state index in [4.69, 9.17) is 9.26 Å². The van der Waals surface area contributed by atoms with Gasteiger partial charge in [0, 0.05) is 11.6 Å². The molecule has 1 amide bonds. The Morgan fingerprint density at radius 1 is 1.23 bits per heavy atom. The summed E-state index contributed by atoms with van der Waals surface area (Å²) >= 11 is 0. The lowest BCUT2D eigenvalue weighted by Gasteiger charge is -2.34. The molecule has 1 aromatic carbocycles. The Balaban J connectivity index is 1.69. The number of rotatable bonds is 6. The molecule has 1 aliphatic carbocycles. The minimum atomic E-state index is -0.525. The number of amides is 1. The summed E-state index contributed by atoms with van der Waals surface area (Å²) in [6, 6.07) is 8.02. The normalized spacial score (nSPS) is 20.1. The first-order valence-electron chi connectivity index (χ1n) is 10.3. The van der Waals surface area contributed by atoms with Crippen LogP contribution >= 0.6 is 0 Å². The van der Waals surface area contributed by atoms with Gasteiger partial charge in [-0.1, -0.05) is 24.4 Å². The molecule has 30 heavy (non-hydrogen) atoms. The lowest BCUT2D eigenvalue weighted by atomic mass is 9.79. The van der Waals surface area contributed by atoms with Crippen LogP contribution in [0.2, 0.25) is 0 Å². The van der Waals surface area contributed by atoms with E-state index in [1.807, 2.05) is 0 Å². The zero-order chi connectivity index (χ0) is 21.3. The third-order valence-corrected chi connectivity index (χ3v) is 6.05. The average molecular weight is 410 g/mol. The van der Waals surface area contributed by atoms with Gasteiger partial charge >= 0.3 is 0 Å².